The fourth-order valence-electron chi connectivity index (χ4n) is 2.87. The number of hydrogen-bond donors (Lipinski definition) is 2. The lowest BCUT2D eigenvalue weighted by Crippen LogP contribution is -2.47. The molecule has 0 radical (unpaired) electrons. The molecule has 1 fully saturated rings. The predicted molar refractivity (Wildman–Crippen MR) is 94.2 cm³/mol. The average molecular weight is 387 g/mol. The normalized spacial score (nSPS) is 19.4. The summed E-state index contributed by atoms with van der Waals surface area (Å²) in [4.78, 5) is 14.4. The van der Waals surface area contributed by atoms with Gasteiger partial charge in [-0.25, -0.2) is 17.9 Å². The predicted octanol–water partition coefficient (Wildman–Crippen LogP) is 2.45. The van der Waals surface area contributed by atoms with Crippen molar-refractivity contribution in [3.63, 3.8) is 0 Å². The molecule has 130 valence electrons. The van der Waals surface area contributed by atoms with Gasteiger partial charge in [0.05, 0.1) is 0 Å². The van der Waals surface area contributed by atoms with Gasteiger partial charge in [-0.05, 0) is 42.3 Å². The van der Waals surface area contributed by atoms with Crippen molar-refractivity contribution in [3.05, 3.63) is 38.7 Å². The van der Waals surface area contributed by atoms with E-state index in [4.69, 9.17) is 5.11 Å². The average Bonchev–Trinajstić information content (AvgIpc) is 3.18. The second-order valence-electron chi connectivity index (χ2n) is 5.69. The van der Waals surface area contributed by atoms with Gasteiger partial charge < -0.3 is 5.11 Å². The van der Waals surface area contributed by atoms with Gasteiger partial charge in [0.1, 0.15) is 9.77 Å². The third-order valence-corrected chi connectivity index (χ3v) is 7.36. The van der Waals surface area contributed by atoms with Crippen LogP contribution in [0.2, 0.25) is 0 Å². The zero-order chi connectivity index (χ0) is 17.2. The molecule has 0 spiro atoms. The van der Waals surface area contributed by atoms with E-state index in [1.807, 2.05) is 11.4 Å². The van der Waals surface area contributed by atoms with Gasteiger partial charge in [0.25, 0.3) is 0 Å². The highest BCUT2D eigenvalue weighted by molar-refractivity contribution is 7.89. The Bertz CT molecular complexity index is 799. The van der Waals surface area contributed by atoms with E-state index in [0.717, 1.165) is 37.3 Å². The van der Waals surface area contributed by atoms with Crippen molar-refractivity contribution in [2.24, 2.45) is 0 Å². The number of carboxylic acids is 1. The van der Waals surface area contributed by atoms with E-state index in [-0.39, 0.29) is 15.8 Å². The van der Waals surface area contributed by atoms with E-state index in [1.165, 1.54) is 16.3 Å². The number of carbonyl (C=O) groups is 1. The maximum absolute atomic E-state index is 12.5. The maximum atomic E-state index is 12.5. The van der Waals surface area contributed by atoms with E-state index in [0.29, 0.717) is 6.54 Å². The third-order valence-electron chi connectivity index (χ3n) is 3.90. The van der Waals surface area contributed by atoms with E-state index in [2.05, 4.69) is 15.7 Å². The van der Waals surface area contributed by atoms with E-state index >= 15 is 0 Å². The Morgan fingerprint density at radius 3 is 2.88 bits per heavy atom. The zero-order valence-corrected chi connectivity index (χ0v) is 15.3. The molecule has 1 unspecified atom stereocenters. The van der Waals surface area contributed by atoms with Gasteiger partial charge in [-0.3, -0.25) is 4.90 Å². The van der Waals surface area contributed by atoms with E-state index in [1.54, 1.807) is 11.3 Å². The fourth-order valence-corrected chi connectivity index (χ4v) is 6.13. The van der Waals surface area contributed by atoms with Crippen LogP contribution in [0.15, 0.2) is 33.9 Å². The molecule has 1 atom stereocenters. The van der Waals surface area contributed by atoms with Crippen molar-refractivity contribution in [2.75, 3.05) is 13.1 Å². The van der Waals surface area contributed by atoms with E-state index in [9.17, 15) is 13.2 Å². The number of nitrogens with zero attached hydrogens (tertiary/aromatic N) is 1. The molecule has 0 amide bonds. The summed E-state index contributed by atoms with van der Waals surface area (Å²) in [5.74, 6) is -1.21. The molecule has 0 aliphatic carbocycles. The van der Waals surface area contributed by atoms with Gasteiger partial charge in [0.15, 0.2) is 0 Å². The molecular formula is C15H18N2O4S3. The number of sulfonamides is 1. The Balaban J connectivity index is 1.68. The monoisotopic (exact) mass is 386 g/mol. The molecule has 3 heterocycles. The number of likely N-dealkylation sites (tertiary alicyclic amines) is 1. The quantitative estimate of drug-likeness (QED) is 0.796. The minimum Gasteiger partial charge on any atom is -0.477 e. The van der Waals surface area contributed by atoms with Crippen molar-refractivity contribution in [1.29, 1.82) is 0 Å². The molecule has 1 aliphatic heterocycles. The van der Waals surface area contributed by atoms with Crippen LogP contribution in [-0.2, 0) is 16.6 Å². The number of aromatic carboxylic acids is 1. The lowest BCUT2D eigenvalue weighted by atomic mass is 10.1. The van der Waals surface area contributed by atoms with Gasteiger partial charge in [-0.2, -0.15) is 0 Å². The van der Waals surface area contributed by atoms with Gasteiger partial charge in [0.2, 0.25) is 10.0 Å². The van der Waals surface area contributed by atoms with Crippen molar-refractivity contribution in [3.8, 4) is 0 Å². The summed E-state index contributed by atoms with van der Waals surface area (Å²) in [6.45, 7) is 2.38. The van der Waals surface area contributed by atoms with Crippen LogP contribution in [0, 0.1) is 0 Å². The van der Waals surface area contributed by atoms with Crippen LogP contribution in [0.4, 0.5) is 0 Å². The number of thiophene rings is 2. The molecule has 9 heteroatoms. The van der Waals surface area contributed by atoms with E-state index < -0.39 is 16.0 Å². The van der Waals surface area contributed by atoms with Crippen LogP contribution in [0.25, 0.3) is 0 Å². The van der Waals surface area contributed by atoms with Crippen molar-refractivity contribution < 1.29 is 18.3 Å². The standard InChI is InChI=1S/C15H18N2O4S3/c18-15(19)14-13(5-8-23-14)24(20,21)16-11-3-1-6-17(9-11)10-12-4-2-7-22-12/h2,4-5,7-8,11,16H,1,3,6,9-10H2,(H,18,19). The Labute approximate surface area is 148 Å². The van der Waals surface area contributed by atoms with Crippen LogP contribution in [-0.4, -0.2) is 43.5 Å². The molecule has 0 aromatic carbocycles. The molecule has 24 heavy (non-hydrogen) atoms. The number of rotatable bonds is 6. The minimum atomic E-state index is -3.82. The number of carboxylic acid groups (broad SMARTS) is 1. The minimum absolute atomic E-state index is 0.143. The summed E-state index contributed by atoms with van der Waals surface area (Å²) >= 11 is 2.61. The van der Waals surface area contributed by atoms with Gasteiger partial charge in [-0.1, -0.05) is 6.07 Å². The Kier molecular flexibility index (Phi) is 5.36. The third kappa shape index (κ3) is 4.04. The molecule has 0 bridgehead atoms. The van der Waals surface area contributed by atoms with Gasteiger partial charge >= 0.3 is 5.97 Å². The summed E-state index contributed by atoms with van der Waals surface area (Å²) in [6, 6.07) is 5.23. The highest BCUT2D eigenvalue weighted by atomic mass is 32.2. The van der Waals surface area contributed by atoms with Crippen molar-refractivity contribution >= 4 is 38.7 Å². The van der Waals surface area contributed by atoms with Crippen LogP contribution >= 0.6 is 22.7 Å². The zero-order valence-electron chi connectivity index (χ0n) is 12.8. The van der Waals surface area contributed by atoms with Gasteiger partial charge in [-0.15, -0.1) is 22.7 Å². The molecule has 1 saturated heterocycles. The second kappa shape index (κ2) is 7.32. The van der Waals surface area contributed by atoms with Crippen LogP contribution in [0.5, 0.6) is 0 Å². The SMILES string of the molecule is O=C(O)c1sccc1S(=O)(=O)NC1CCCN(Cc2cccs2)C1. The first-order chi connectivity index (χ1) is 11.5. The molecule has 6 nitrogen and oxygen atoms in total. The maximum Gasteiger partial charge on any atom is 0.347 e. The second-order valence-corrected chi connectivity index (χ2v) is 9.32. The highest BCUT2D eigenvalue weighted by Gasteiger charge is 2.29. The number of piperidine rings is 1. The Morgan fingerprint density at radius 1 is 1.33 bits per heavy atom. The smallest absolute Gasteiger partial charge is 0.347 e. The molecule has 0 saturated carbocycles. The van der Waals surface area contributed by atoms with Crippen LogP contribution < -0.4 is 4.72 Å². The first kappa shape index (κ1) is 17.6. The molecule has 2 aromatic heterocycles. The molecular weight excluding hydrogens is 368 g/mol. The topological polar surface area (TPSA) is 86.7 Å². The highest BCUT2D eigenvalue weighted by Crippen LogP contribution is 2.23. The van der Waals surface area contributed by atoms with Crippen LogP contribution in [0.1, 0.15) is 27.4 Å². The first-order valence-electron chi connectivity index (χ1n) is 7.53. The lowest BCUT2D eigenvalue weighted by Gasteiger charge is -2.32. The summed E-state index contributed by atoms with van der Waals surface area (Å²) in [5.41, 5.74) is 0. The molecule has 3 rings (SSSR count). The van der Waals surface area contributed by atoms with Crippen molar-refractivity contribution in [2.45, 2.75) is 30.3 Å². The number of hydrogen-bond acceptors (Lipinski definition) is 6. The summed E-state index contributed by atoms with van der Waals surface area (Å²) in [5, 5.41) is 12.6. The van der Waals surface area contributed by atoms with Gasteiger partial charge in [0, 0.05) is 24.0 Å². The summed E-state index contributed by atoms with van der Waals surface area (Å²) in [7, 11) is -3.82. The molecule has 1 aliphatic rings. The molecule has 2 aromatic rings. The Morgan fingerprint density at radius 2 is 2.17 bits per heavy atom. The fraction of sp³-hybridized carbons (Fsp3) is 0.400. The first-order valence-corrected chi connectivity index (χ1v) is 10.8. The largest absolute Gasteiger partial charge is 0.477 e. The van der Waals surface area contributed by atoms with Crippen LogP contribution in [0.3, 0.4) is 0 Å². The summed E-state index contributed by atoms with van der Waals surface area (Å²) < 4.78 is 27.7. The Hall–Kier alpha value is -1.26. The number of nitrogens with one attached hydrogen (secondary N) is 1. The van der Waals surface area contributed by atoms with Crippen molar-refractivity contribution in [1.82, 2.24) is 9.62 Å². The molecule has 2 N–H and O–H groups in total. The lowest BCUT2D eigenvalue weighted by molar-refractivity contribution is 0.0698. The summed E-state index contributed by atoms with van der Waals surface area (Å²) in [6.07, 6.45) is 1.67.